The van der Waals surface area contributed by atoms with Crippen molar-refractivity contribution in [3.63, 3.8) is 0 Å². The molecule has 6 nitrogen and oxygen atoms in total. The highest BCUT2D eigenvalue weighted by Crippen LogP contribution is 2.10. The maximum Gasteiger partial charge on any atom is 0.325 e. The predicted molar refractivity (Wildman–Crippen MR) is 64.6 cm³/mol. The normalized spacial score (nSPS) is 18.1. The summed E-state index contributed by atoms with van der Waals surface area (Å²) >= 11 is 0. The highest BCUT2D eigenvalue weighted by Gasteiger charge is 2.31. The van der Waals surface area contributed by atoms with Gasteiger partial charge in [0, 0.05) is 13.0 Å². The van der Waals surface area contributed by atoms with Crippen LogP contribution in [0.15, 0.2) is 12.7 Å². The van der Waals surface area contributed by atoms with Crippen LogP contribution < -0.4 is 5.32 Å². The molecule has 0 bridgehead atoms. The van der Waals surface area contributed by atoms with E-state index in [-0.39, 0.29) is 31.5 Å². The van der Waals surface area contributed by atoms with E-state index in [0.717, 1.165) is 0 Å². The first kappa shape index (κ1) is 14.2. The van der Waals surface area contributed by atoms with Crippen molar-refractivity contribution in [1.29, 1.82) is 0 Å². The Bertz CT molecular complexity index is 354. The number of carbonyl (C=O) groups excluding carboxylic acids is 3. The van der Waals surface area contributed by atoms with Crippen LogP contribution in [0.3, 0.4) is 0 Å². The molecule has 1 N–H and O–H groups in total. The monoisotopic (exact) mass is 254 g/mol. The van der Waals surface area contributed by atoms with Crippen molar-refractivity contribution in [2.45, 2.75) is 25.8 Å². The van der Waals surface area contributed by atoms with Crippen molar-refractivity contribution < 1.29 is 19.1 Å². The van der Waals surface area contributed by atoms with Crippen molar-refractivity contribution in [1.82, 2.24) is 10.2 Å². The van der Waals surface area contributed by atoms with Crippen LogP contribution in [-0.4, -0.2) is 48.4 Å². The molecule has 100 valence electrons. The summed E-state index contributed by atoms with van der Waals surface area (Å²) in [6, 6.07) is -0.535. The molecule has 0 aliphatic carbocycles. The number of hydrogen-bond donors (Lipinski definition) is 1. The predicted octanol–water partition coefficient (Wildman–Crippen LogP) is -0.157. The number of amides is 2. The van der Waals surface area contributed by atoms with Gasteiger partial charge in [0.1, 0.15) is 12.6 Å². The molecule has 0 saturated carbocycles. The van der Waals surface area contributed by atoms with Gasteiger partial charge in [0.15, 0.2) is 0 Å². The van der Waals surface area contributed by atoms with E-state index in [4.69, 9.17) is 4.74 Å². The summed E-state index contributed by atoms with van der Waals surface area (Å²) in [6.07, 6.45) is 2.35. The maximum absolute atomic E-state index is 12.1. The second-order valence-electron chi connectivity index (χ2n) is 3.97. The second kappa shape index (κ2) is 6.78. The summed E-state index contributed by atoms with van der Waals surface area (Å²) in [7, 11) is 0. The molecule has 0 aromatic rings. The molecule has 1 atom stereocenters. The quantitative estimate of drug-likeness (QED) is 0.528. The fourth-order valence-electron chi connectivity index (χ4n) is 1.77. The SMILES string of the molecule is C=CCN(CC(=O)OCC)C(=O)[C@H]1CCC(=O)N1. The number of ether oxygens (including phenoxy) is 1. The lowest BCUT2D eigenvalue weighted by Crippen LogP contribution is -2.46. The topological polar surface area (TPSA) is 75.7 Å². The van der Waals surface area contributed by atoms with Crippen LogP contribution in [0.2, 0.25) is 0 Å². The van der Waals surface area contributed by atoms with Gasteiger partial charge in [0.05, 0.1) is 6.61 Å². The first-order chi connectivity index (χ1) is 8.58. The third-order valence-corrected chi connectivity index (χ3v) is 2.58. The Kier molecular flexibility index (Phi) is 5.35. The molecule has 2 amide bonds. The van der Waals surface area contributed by atoms with Crippen molar-refractivity contribution in [3.05, 3.63) is 12.7 Å². The van der Waals surface area contributed by atoms with Gasteiger partial charge >= 0.3 is 5.97 Å². The first-order valence-electron chi connectivity index (χ1n) is 5.93. The summed E-state index contributed by atoms with van der Waals surface area (Å²) in [5, 5.41) is 2.58. The number of esters is 1. The number of carbonyl (C=O) groups is 3. The lowest BCUT2D eigenvalue weighted by atomic mass is 10.2. The molecule has 1 aliphatic heterocycles. The van der Waals surface area contributed by atoms with Gasteiger partial charge < -0.3 is 15.0 Å². The van der Waals surface area contributed by atoms with Crippen LogP contribution >= 0.6 is 0 Å². The summed E-state index contributed by atoms with van der Waals surface area (Å²) in [6.45, 7) is 5.65. The van der Waals surface area contributed by atoms with Crippen molar-refractivity contribution in [2.75, 3.05) is 19.7 Å². The zero-order valence-corrected chi connectivity index (χ0v) is 10.5. The summed E-state index contributed by atoms with van der Waals surface area (Å²) < 4.78 is 4.80. The van der Waals surface area contributed by atoms with E-state index in [1.165, 1.54) is 11.0 Å². The molecule has 1 aliphatic rings. The van der Waals surface area contributed by atoms with Gasteiger partial charge in [-0.1, -0.05) is 6.08 Å². The van der Waals surface area contributed by atoms with Gasteiger partial charge in [-0.2, -0.15) is 0 Å². The maximum atomic E-state index is 12.1. The van der Waals surface area contributed by atoms with Crippen LogP contribution in [0.5, 0.6) is 0 Å². The molecule has 1 rings (SSSR count). The highest BCUT2D eigenvalue weighted by atomic mass is 16.5. The molecule has 6 heteroatoms. The Morgan fingerprint density at radius 1 is 1.61 bits per heavy atom. The van der Waals surface area contributed by atoms with Crippen LogP contribution in [0.1, 0.15) is 19.8 Å². The standard InChI is InChI=1S/C12H18N2O4/c1-3-7-14(8-11(16)18-4-2)12(17)9-5-6-10(15)13-9/h3,9H,1,4-8H2,2H3,(H,13,15)/t9-/m1/s1. The van der Waals surface area contributed by atoms with Gasteiger partial charge in [-0.05, 0) is 13.3 Å². The average Bonchev–Trinajstić information content (AvgIpc) is 2.75. The number of nitrogens with zero attached hydrogens (tertiary/aromatic N) is 1. The molecular formula is C12H18N2O4. The van der Waals surface area contributed by atoms with Crippen LogP contribution in [0, 0.1) is 0 Å². The molecule has 1 saturated heterocycles. The van der Waals surface area contributed by atoms with Crippen LogP contribution in [0.25, 0.3) is 0 Å². The van der Waals surface area contributed by atoms with Gasteiger partial charge in [-0.25, -0.2) is 0 Å². The Balaban J connectivity index is 2.59. The van der Waals surface area contributed by atoms with Crippen LogP contribution in [-0.2, 0) is 19.1 Å². The zero-order chi connectivity index (χ0) is 13.5. The molecule has 0 spiro atoms. The van der Waals surface area contributed by atoms with E-state index in [1.54, 1.807) is 6.92 Å². The third-order valence-electron chi connectivity index (χ3n) is 2.58. The summed E-state index contributed by atoms with van der Waals surface area (Å²) in [4.78, 5) is 35.9. The molecule has 0 radical (unpaired) electrons. The van der Waals surface area contributed by atoms with E-state index in [1.807, 2.05) is 0 Å². The summed E-state index contributed by atoms with van der Waals surface area (Å²) in [5.74, 6) is -0.867. The minimum Gasteiger partial charge on any atom is -0.465 e. The van der Waals surface area contributed by atoms with E-state index in [2.05, 4.69) is 11.9 Å². The molecule has 18 heavy (non-hydrogen) atoms. The summed E-state index contributed by atoms with van der Waals surface area (Å²) in [5.41, 5.74) is 0. The van der Waals surface area contributed by atoms with Gasteiger partial charge in [0.2, 0.25) is 11.8 Å². The number of hydrogen-bond acceptors (Lipinski definition) is 4. The highest BCUT2D eigenvalue weighted by molar-refractivity contribution is 5.92. The van der Waals surface area contributed by atoms with Gasteiger partial charge in [-0.3, -0.25) is 14.4 Å². The molecule has 0 unspecified atom stereocenters. The molecule has 0 aromatic carbocycles. The van der Waals surface area contributed by atoms with Crippen molar-refractivity contribution in [3.8, 4) is 0 Å². The number of rotatable bonds is 6. The van der Waals surface area contributed by atoms with E-state index >= 15 is 0 Å². The zero-order valence-electron chi connectivity index (χ0n) is 10.5. The van der Waals surface area contributed by atoms with Crippen molar-refractivity contribution >= 4 is 17.8 Å². The minimum atomic E-state index is -0.535. The van der Waals surface area contributed by atoms with Gasteiger partial charge in [0.25, 0.3) is 0 Å². The molecule has 1 heterocycles. The van der Waals surface area contributed by atoms with Crippen molar-refractivity contribution in [2.24, 2.45) is 0 Å². The Morgan fingerprint density at radius 2 is 2.33 bits per heavy atom. The lowest BCUT2D eigenvalue weighted by molar-refractivity contribution is -0.149. The third kappa shape index (κ3) is 3.87. The van der Waals surface area contributed by atoms with Crippen LogP contribution in [0.4, 0.5) is 0 Å². The first-order valence-corrected chi connectivity index (χ1v) is 5.93. The Hall–Kier alpha value is -1.85. The van der Waals surface area contributed by atoms with E-state index < -0.39 is 12.0 Å². The second-order valence-corrected chi connectivity index (χ2v) is 3.97. The fraction of sp³-hybridized carbons (Fsp3) is 0.583. The fourth-order valence-corrected chi connectivity index (χ4v) is 1.77. The molecular weight excluding hydrogens is 236 g/mol. The average molecular weight is 254 g/mol. The lowest BCUT2D eigenvalue weighted by Gasteiger charge is -2.23. The molecule has 0 aromatic heterocycles. The van der Waals surface area contributed by atoms with Gasteiger partial charge in [-0.15, -0.1) is 6.58 Å². The Labute approximate surface area is 106 Å². The number of nitrogens with one attached hydrogen (secondary N) is 1. The largest absolute Gasteiger partial charge is 0.465 e. The van der Waals surface area contributed by atoms with E-state index in [0.29, 0.717) is 12.8 Å². The Morgan fingerprint density at radius 3 is 2.83 bits per heavy atom. The minimum absolute atomic E-state index is 0.120. The smallest absolute Gasteiger partial charge is 0.325 e. The molecule has 1 fully saturated rings. The van der Waals surface area contributed by atoms with E-state index in [9.17, 15) is 14.4 Å².